The third kappa shape index (κ3) is 3.78. The van der Waals surface area contributed by atoms with Crippen molar-refractivity contribution in [2.24, 2.45) is 5.92 Å². The van der Waals surface area contributed by atoms with Gasteiger partial charge in [0, 0.05) is 12.1 Å². The van der Waals surface area contributed by atoms with Gasteiger partial charge in [0.1, 0.15) is 0 Å². The number of hydrogen-bond acceptors (Lipinski definition) is 2. The van der Waals surface area contributed by atoms with Gasteiger partial charge < -0.3 is 10.4 Å². The van der Waals surface area contributed by atoms with Gasteiger partial charge in [0.15, 0.2) is 0 Å². The zero-order chi connectivity index (χ0) is 12.0. The Kier molecular flexibility index (Phi) is 5.81. The van der Waals surface area contributed by atoms with Crippen molar-refractivity contribution in [3.05, 3.63) is 0 Å². The Bertz CT molecular complexity index is 214. The first-order valence-electron chi connectivity index (χ1n) is 6.67. The van der Waals surface area contributed by atoms with E-state index in [0.717, 1.165) is 32.1 Å². The molecule has 0 aromatic carbocycles. The predicted molar refractivity (Wildman–Crippen MR) is 65.5 cm³/mol. The predicted octanol–water partition coefficient (Wildman–Crippen LogP) is 2.80. The summed E-state index contributed by atoms with van der Waals surface area (Å²) in [5.41, 5.74) is 0. The minimum absolute atomic E-state index is 0.178. The molecule has 16 heavy (non-hydrogen) atoms. The van der Waals surface area contributed by atoms with Crippen molar-refractivity contribution in [1.82, 2.24) is 5.32 Å². The van der Waals surface area contributed by atoms with Crippen LogP contribution in [0, 0.1) is 5.92 Å². The second-order valence-electron chi connectivity index (χ2n) is 4.87. The van der Waals surface area contributed by atoms with E-state index in [9.17, 15) is 9.90 Å². The van der Waals surface area contributed by atoms with E-state index in [1.807, 2.05) is 0 Å². The molecule has 1 rings (SSSR count). The van der Waals surface area contributed by atoms with E-state index >= 15 is 0 Å². The zero-order valence-corrected chi connectivity index (χ0v) is 10.5. The summed E-state index contributed by atoms with van der Waals surface area (Å²) in [4.78, 5) is 11.2. The van der Waals surface area contributed by atoms with Gasteiger partial charge in [-0.2, -0.15) is 0 Å². The van der Waals surface area contributed by atoms with Gasteiger partial charge in [0.05, 0.1) is 5.92 Å². The summed E-state index contributed by atoms with van der Waals surface area (Å²) in [6.45, 7) is 4.32. The molecule has 94 valence electrons. The van der Waals surface area contributed by atoms with Crippen LogP contribution in [0.1, 0.15) is 58.8 Å². The lowest BCUT2D eigenvalue weighted by molar-refractivity contribution is -0.143. The van der Waals surface area contributed by atoms with Gasteiger partial charge >= 0.3 is 5.97 Å². The molecule has 1 fully saturated rings. The molecular weight excluding hydrogens is 202 g/mol. The van der Waals surface area contributed by atoms with Crippen LogP contribution < -0.4 is 5.32 Å². The first-order chi connectivity index (χ1) is 7.69. The molecule has 0 aromatic heterocycles. The molecule has 2 atom stereocenters. The Morgan fingerprint density at radius 1 is 1.25 bits per heavy atom. The van der Waals surface area contributed by atoms with Crippen molar-refractivity contribution >= 4 is 5.97 Å². The summed E-state index contributed by atoms with van der Waals surface area (Å²) < 4.78 is 0. The second-order valence-corrected chi connectivity index (χ2v) is 4.87. The van der Waals surface area contributed by atoms with Crippen molar-refractivity contribution in [3.63, 3.8) is 0 Å². The summed E-state index contributed by atoms with van der Waals surface area (Å²) in [6, 6.07) is 0.662. The third-order valence-corrected chi connectivity index (χ3v) is 3.77. The zero-order valence-electron chi connectivity index (χ0n) is 10.5. The number of hydrogen-bond donors (Lipinski definition) is 2. The van der Waals surface area contributed by atoms with E-state index in [-0.39, 0.29) is 12.0 Å². The largest absolute Gasteiger partial charge is 0.481 e. The molecule has 2 unspecified atom stereocenters. The number of aliphatic carboxylic acids is 1. The molecular formula is C13H25NO2. The lowest BCUT2D eigenvalue weighted by Crippen LogP contribution is -2.44. The smallest absolute Gasteiger partial charge is 0.308 e. The van der Waals surface area contributed by atoms with Crippen LogP contribution in [0.3, 0.4) is 0 Å². The number of rotatable bonds is 5. The lowest BCUT2D eigenvalue weighted by Gasteiger charge is -2.27. The van der Waals surface area contributed by atoms with Crippen LogP contribution in [0.5, 0.6) is 0 Å². The first kappa shape index (κ1) is 13.5. The van der Waals surface area contributed by atoms with Crippen LogP contribution >= 0.6 is 0 Å². The normalized spacial score (nSPS) is 26.7. The standard InChI is InChI=1S/C13H25NO2/c1-3-10(4-2)14-12-9-7-5-6-8-11(12)13(15)16/h10-12,14H,3-9H2,1-2H3,(H,15,16). The Morgan fingerprint density at radius 3 is 2.44 bits per heavy atom. The topological polar surface area (TPSA) is 49.3 Å². The van der Waals surface area contributed by atoms with Crippen LogP contribution in [-0.4, -0.2) is 23.2 Å². The Labute approximate surface area is 98.6 Å². The fourth-order valence-electron chi connectivity index (χ4n) is 2.63. The van der Waals surface area contributed by atoms with Crippen LogP contribution in [0.2, 0.25) is 0 Å². The van der Waals surface area contributed by atoms with Gasteiger partial charge in [-0.15, -0.1) is 0 Å². The van der Waals surface area contributed by atoms with E-state index in [4.69, 9.17) is 0 Å². The van der Waals surface area contributed by atoms with E-state index in [1.54, 1.807) is 0 Å². The maximum atomic E-state index is 11.2. The van der Waals surface area contributed by atoms with Gasteiger partial charge in [0.2, 0.25) is 0 Å². The van der Waals surface area contributed by atoms with Crippen molar-refractivity contribution in [2.75, 3.05) is 0 Å². The van der Waals surface area contributed by atoms with Crippen molar-refractivity contribution < 1.29 is 9.90 Å². The lowest BCUT2D eigenvalue weighted by atomic mass is 9.93. The molecule has 1 saturated carbocycles. The number of nitrogens with one attached hydrogen (secondary N) is 1. The summed E-state index contributed by atoms with van der Waals surface area (Å²) in [5, 5.41) is 12.8. The maximum absolute atomic E-state index is 11.2. The molecule has 1 aliphatic carbocycles. The minimum Gasteiger partial charge on any atom is -0.481 e. The van der Waals surface area contributed by atoms with Crippen molar-refractivity contribution in [2.45, 2.75) is 70.9 Å². The fourth-order valence-corrected chi connectivity index (χ4v) is 2.63. The minimum atomic E-state index is -0.620. The van der Waals surface area contributed by atoms with Crippen LogP contribution in [0.4, 0.5) is 0 Å². The van der Waals surface area contributed by atoms with Gasteiger partial charge in [-0.3, -0.25) is 4.79 Å². The molecule has 3 nitrogen and oxygen atoms in total. The molecule has 0 amide bonds. The monoisotopic (exact) mass is 227 g/mol. The van der Waals surface area contributed by atoms with Crippen LogP contribution in [0.15, 0.2) is 0 Å². The molecule has 0 aromatic rings. The van der Waals surface area contributed by atoms with Gasteiger partial charge in [-0.05, 0) is 25.7 Å². The Morgan fingerprint density at radius 2 is 1.88 bits per heavy atom. The molecule has 0 radical (unpaired) electrons. The number of carboxylic acid groups (broad SMARTS) is 1. The molecule has 2 N–H and O–H groups in total. The molecule has 0 spiro atoms. The molecule has 0 bridgehead atoms. The molecule has 0 heterocycles. The average molecular weight is 227 g/mol. The highest BCUT2D eigenvalue weighted by Crippen LogP contribution is 2.24. The summed E-state index contributed by atoms with van der Waals surface area (Å²) in [6.07, 6.45) is 7.45. The van der Waals surface area contributed by atoms with E-state index < -0.39 is 5.97 Å². The van der Waals surface area contributed by atoms with Crippen molar-refractivity contribution in [3.8, 4) is 0 Å². The number of carbonyl (C=O) groups is 1. The molecule has 0 aliphatic heterocycles. The van der Waals surface area contributed by atoms with Crippen molar-refractivity contribution in [1.29, 1.82) is 0 Å². The van der Waals surface area contributed by atoms with E-state index in [1.165, 1.54) is 12.8 Å². The molecule has 0 saturated heterocycles. The fraction of sp³-hybridized carbons (Fsp3) is 0.923. The number of carboxylic acids is 1. The highest BCUT2D eigenvalue weighted by molar-refractivity contribution is 5.70. The van der Waals surface area contributed by atoms with Gasteiger partial charge in [-0.1, -0.05) is 33.1 Å². The first-order valence-corrected chi connectivity index (χ1v) is 6.67. The maximum Gasteiger partial charge on any atom is 0.308 e. The summed E-state index contributed by atoms with van der Waals surface area (Å²) in [7, 11) is 0. The summed E-state index contributed by atoms with van der Waals surface area (Å²) >= 11 is 0. The third-order valence-electron chi connectivity index (χ3n) is 3.77. The second kappa shape index (κ2) is 6.89. The van der Waals surface area contributed by atoms with E-state index in [0.29, 0.717) is 6.04 Å². The Balaban J connectivity index is 2.60. The van der Waals surface area contributed by atoms with Gasteiger partial charge in [0.25, 0.3) is 0 Å². The SMILES string of the molecule is CCC(CC)NC1CCCCCC1C(=O)O. The quantitative estimate of drug-likeness (QED) is 0.710. The Hall–Kier alpha value is -0.570. The molecule has 3 heteroatoms. The highest BCUT2D eigenvalue weighted by atomic mass is 16.4. The van der Waals surface area contributed by atoms with Crippen LogP contribution in [0.25, 0.3) is 0 Å². The molecule has 1 aliphatic rings. The average Bonchev–Trinajstić information content (AvgIpc) is 2.50. The van der Waals surface area contributed by atoms with E-state index in [2.05, 4.69) is 19.2 Å². The van der Waals surface area contributed by atoms with Gasteiger partial charge in [-0.25, -0.2) is 0 Å². The van der Waals surface area contributed by atoms with Crippen LogP contribution in [-0.2, 0) is 4.79 Å². The highest BCUT2D eigenvalue weighted by Gasteiger charge is 2.30. The summed E-state index contributed by atoms with van der Waals surface area (Å²) in [5.74, 6) is -0.798.